The monoisotopic (exact) mass is 403 g/mol. The van der Waals surface area contributed by atoms with Crippen LogP contribution in [0.2, 0.25) is 0 Å². The van der Waals surface area contributed by atoms with E-state index in [9.17, 15) is 13.2 Å². The number of nitrogens with one attached hydrogen (secondary N) is 1. The van der Waals surface area contributed by atoms with E-state index in [0.717, 1.165) is 17.5 Å². The van der Waals surface area contributed by atoms with Gasteiger partial charge in [-0.15, -0.1) is 0 Å². The summed E-state index contributed by atoms with van der Waals surface area (Å²) in [6.07, 6.45) is 1.51. The van der Waals surface area contributed by atoms with Crippen LogP contribution in [0, 0.1) is 6.92 Å². The molecule has 0 heterocycles. The predicted octanol–water partition coefficient (Wildman–Crippen LogP) is 2.79. The third-order valence-electron chi connectivity index (χ3n) is 4.56. The van der Waals surface area contributed by atoms with Crippen LogP contribution in [0.4, 0.5) is 11.4 Å². The highest BCUT2D eigenvalue weighted by Gasteiger charge is 2.31. The molecule has 6 nitrogen and oxygen atoms in total. The number of rotatable bonds is 9. The Bertz CT molecular complexity index is 868. The summed E-state index contributed by atoms with van der Waals surface area (Å²) in [5, 5.41) is 2.88. The first-order valence-electron chi connectivity index (χ1n) is 9.34. The van der Waals surface area contributed by atoms with E-state index in [0.29, 0.717) is 25.2 Å². The van der Waals surface area contributed by atoms with Gasteiger partial charge in [-0.2, -0.15) is 0 Å². The van der Waals surface area contributed by atoms with E-state index in [1.807, 2.05) is 68.3 Å². The van der Waals surface area contributed by atoms with E-state index in [2.05, 4.69) is 5.32 Å². The summed E-state index contributed by atoms with van der Waals surface area (Å²) in [5.41, 5.74) is 2.58. The molecule has 0 unspecified atom stereocenters. The van der Waals surface area contributed by atoms with E-state index in [1.54, 1.807) is 12.1 Å². The highest BCUT2D eigenvalue weighted by atomic mass is 32.2. The maximum atomic E-state index is 12.8. The van der Waals surface area contributed by atoms with Crippen molar-refractivity contribution in [2.75, 3.05) is 35.6 Å². The van der Waals surface area contributed by atoms with Crippen LogP contribution in [0.5, 0.6) is 0 Å². The normalized spacial score (nSPS) is 12.3. The molecule has 0 aliphatic heterocycles. The van der Waals surface area contributed by atoms with Crippen LogP contribution in [0.3, 0.4) is 0 Å². The fraction of sp³-hybridized carbons (Fsp3) is 0.381. The molecule has 0 saturated heterocycles. The van der Waals surface area contributed by atoms with E-state index in [4.69, 9.17) is 0 Å². The van der Waals surface area contributed by atoms with Crippen LogP contribution in [0.15, 0.2) is 54.6 Å². The lowest BCUT2D eigenvalue weighted by atomic mass is 10.1. The van der Waals surface area contributed by atoms with Gasteiger partial charge in [0.05, 0.1) is 11.9 Å². The summed E-state index contributed by atoms with van der Waals surface area (Å²) in [4.78, 5) is 14.8. The second-order valence-electron chi connectivity index (χ2n) is 6.87. The maximum Gasteiger partial charge on any atom is 0.243 e. The molecule has 1 atom stereocenters. The number of hydrogen-bond acceptors (Lipinski definition) is 4. The van der Waals surface area contributed by atoms with E-state index >= 15 is 0 Å². The van der Waals surface area contributed by atoms with Gasteiger partial charge in [0, 0.05) is 25.8 Å². The summed E-state index contributed by atoms with van der Waals surface area (Å²) in [5.74, 6) is -0.296. The lowest BCUT2D eigenvalue weighted by molar-refractivity contribution is -0.122. The number of carbonyl (C=O) groups is 1. The zero-order valence-electron chi connectivity index (χ0n) is 16.9. The van der Waals surface area contributed by atoms with Gasteiger partial charge in [0.25, 0.3) is 0 Å². The summed E-state index contributed by atoms with van der Waals surface area (Å²) in [7, 11) is -1.66. The third kappa shape index (κ3) is 5.73. The Balaban J connectivity index is 2.08. The molecule has 1 amide bonds. The molecule has 28 heavy (non-hydrogen) atoms. The van der Waals surface area contributed by atoms with Gasteiger partial charge in [0.15, 0.2) is 0 Å². The molecule has 0 aliphatic carbocycles. The van der Waals surface area contributed by atoms with Crippen molar-refractivity contribution >= 4 is 27.3 Å². The minimum Gasteiger partial charge on any atom is -0.373 e. The number of para-hydroxylation sites is 1. The molecule has 0 spiro atoms. The molecule has 0 fully saturated rings. The van der Waals surface area contributed by atoms with Crippen molar-refractivity contribution in [2.45, 2.75) is 26.3 Å². The van der Waals surface area contributed by atoms with Crippen molar-refractivity contribution in [2.24, 2.45) is 0 Å². The Hall–Kier alpha value is -2.54. The largest absolute Gasteiger partial charge is 0.373 e. The molecule has 1 N–H and O–H groups in total. The zero-order valence-corrected chi connectivity index (χ0v) is 17.7. The standard InChI is InChI=1S/C21H29N3O3S/c1-5-20(24(28(4,26)27)19-13-11-17(2)12-14-19)21(25)22-15-16-23(3)18-9-7-6-8-10-18/h6-14,20H,5,15-16H2,1-4H3,(H,22,25)/t20-/m0/s1. The number of hydrogen-bond donors (Lipinski definition) is 1. The van der Waals surface area contributed by atoms with Crippen molar-refractivity contribution in [3.05, 3.63) is 60.2 Å². The maximum absolute atomic E-state index is 12.8. The lowest BCUT2D eigenvalue weighted by Crippen LogP contribution is -2.50. The highest BCUT2D eigenvalue weighted by Crippen LogP contribution is 2.23. The topological polar surface area (TPSA) is 69.7 Å². The number of amides is 1. The van der Waals surface area contributed by atoms with Gasteiger partial charge in [0.2, 0.25) is 15.9 Å². The second-order valence-corrected chi connectivity index (χ2v) is 8.73. The molecule has 2 rings (SSSR count). The van der Waals surface area contributed by atoms with Crippen LogP contribution < -0.4 is 14.5 Å². The van der Waals surface area contributed by atoms with Crippen molar-refractivity contribution in [3.8, 4) is 0 Å². The number of aryl methyl sites for hydroxylation is 1. The fourth-order valence-electron chi connectivity index (χ4n) is 3.03. The van der Waals surface area contributed by atoms with E-state index in [-0.39, 0.29) is 5.91 Å². The smallest absolute Gasteiger partial charge is 0.243 e. The third-order valence-corrected chi connectivity index (χ3v) is 5.74. The molecule has 152 valence electrons. The van der Waals surface area contributed by atoms with Gasteiger partial charge in [0.1, 0.15) is 6.04 Å². The molecule has 0 radical (unpaired) electrons. The number of benzene rings is 2. The molecule has 7 heteroatoms. The van der Waals surface area contributed by atoms with Crippen molar-refractivity contribution in [1.82, 2.24) is 5.32 Å². The molecule has 0 aliphatic rings. The molecule has 2 aromatic carbocycles. The van der Waals surface area contributed by atoms with Crippen LogP contribution in [0.25, 0.3) is 0 Å². The van der Waals surface area contributed by atoms with Crippen molar-refractivity contribution < 1.29 is 13.2 Å². The Morgan fingerprint density at radius 2 is 1.64 bits per heavy atom. The quantitative estimate of drug-likeness (QED) is 0.699. The Morgan fingerprint density at radius 1 is 1.04 bits per heavy atom. The molecule has 0 saturated carbocycles. The zero-order chi connectivity index (χ0) is 20.7. The average Bonchev–Trinajstić information content (AvgIpc) is 2.66. The minimum atomic E-state index is -3.61. The van der Waals surface area contributed by atoms with Crippen molar-refractivity contribution in [1.29, 1.82) is 0 Å². The first-order chi connectivity index (χ1) is 13.2. The van der Waals surface area contributed by atoms with Gasteiger partial charge in [-0.25, -0.2) is 8.42 Å². The number of likely N-dealkylation sites (N-methyl/N-ethyl adjacent to an activating group) is 1. The summed E-state index contributed by atoms with van der Waals surface area (Å²) >= 11 is 0. The van der Waals surface area contributed by atoms with E-state index in [1.165, 1.54) is 4.31 Å². The minimum absolute atomic E-state index is 0.296. The number of nitrogens with zero attached hydrogens (tertiary/aromatic N) is 2. The summed E-state index contributed by atoms with van der Waals surface area (Å²) < 4.78 is 26.1. The Labute approximate surface area is 168 Å². The average molecular weight is 404 g/mol. The van der Waals surface area contributed by atoms with E-state index < -0.39 is 16.1 Å². The predicted molar refractivity (Wildman–Crippen MR) is 115 cm³/mol. The molecule has 0 aromatic heterocycles. The van der Waals surface area contributed by atoms with Crippen LogP contribution >= 0.6 is 0 Å². The Morgan fingerprint density at radius 3 is 2.18 bits per heavy atom. The molecule has 2 aromatic rings. The first-order valence-corrected chi connectivity index (χ1v) is 11.2. The van der Waals surface area contributed by atoms with Crippen LogP contribution in [-0.4, -0.2) is 46.8 Å². The number of carbonyl (C=O) groups excluding carboxylic acids is 1. The fourth-order valence-corrected chi connectivity index (χ4v) is 4.24. The molecular weight excluding hydrogens is 374 g/mol. The first kappa shape index (κ1) is 21.8. The number of anilines is 2. The summed E-state index contributed by atoms with van der Waals surface area (Å²) in [6, 6.07) is 16.2. The van der Waals surface area contributed by atoms with Crippen LogP contribution in [-0.2, 0) is 14.8 Å². The Kier molecular flexibility index (Phi) is 7.45. The second kappa shape index (κ2) is 9.59. The summed E-state index contributed by atoms with van der Waals surface area (Å²) in [6.45, 7) is 4.79. The van der Waals surface area contributed by atoms with Crippen molar-refractivity contribution in [3.63, 3.8) is 0 Å². The van der Waals surface area contributed by atoms with Gasteiger partial charge < -0.3 is 10.2 Å². The molecular formula is C21H29N3O3S. The van der Waals surface area contributed by atoms with Gasteiger partial charge in [-0.05, 0) is 37.6 Å². The van der Waals surface area contributed by atoms with Gasteiger partial charge in [-0.1, -0.05) is 42.8 Å². The van der Waals surface area contributed by atoms with Crippen LogP contribution in [0.1, 0.15) is 18.9 Å². The SMILES string of the molecule is CC[C@@H](C(=O)NCCN(C)c1ccccc1)N(c1ccc(C)cc1)S(C)(=O)=O. The highest BCUT2D eigenvalue weighted by molar-refractivity contribution is 7.92. The van der Waals surface area contributed by atoms with Gasteiger partial charge in [-0.3, -0.25) is 9.10 Å². The lowest BCUT2D eigenvalue weighted by Gasteiger charge is -2.30. The molecule has 0 bridgehead atoms. The van der Waals surface area contributed by atoms with Gasteiger partial charge >= 0.3 is 0 Å². The number of sulfonamides is 1.